The summed E-state index contributed by atoms with van der Waals surface area (Å²) in [6.07, 6.45) is -3.17. The van der Waals surface area contributed by atoms with E-state index in [1.807, 2.05) is 4.90 Å². The smallest absolute Gasteiger partial charge is 0.303 e. The summed E-state index contributed by atoms with van der Waals surface area (Å²) in [5.74, 6) is 0.419. The van der Waals surface area contributed by atoms with Crippen molar-refractivity contribution in [1.29, 1.82) is 0 Å². The van der Waals surface area contributed by atoms with Gasteiger partial charge >= 0.3 is 6.18 Å². The average Bonchev–Trinajstić information content (AvgIpc) is 2.36. The van der Waals surface area contributed by atoms with Crippen LogP contribution in [0, 0.1) is 0 Å². The molecule has 2 rings (SSSR count). The van der Waals surface area contributed by atoms with Crippen LogP contribution in [0.1, 0.15) is 19.3 Å². The van der Waals surface area contributed by atoms with E-state index >= 15 is 0 Å². The molecule has 0 radical (unpaired) electrons. The van der Waals surface area contributed by atoms with E-state index in [0.717, 1.165) is 12.8 Å². The van der Waals surface area contributed by atoms with Crippen LogP contribution >= 0.6 is 0 Å². The van der Waals surface area contributed by atoms with E-state index in [-0.39, 0.29) is 18.1 Å². The monoisotopic (exact) mass is 314 g/mol. The summed E-state index contributed by atoms with van der Waals surface area (Å²) in [4.78, 5) is 4.03. The molecule has 4 nitrogen and oxygen atoms in total. The topological polar surface area (TPSA) is 40.6 Å². The van der Waals surface area contributed by atoms with Crippen molar-refractivity contribution in [2.75, 3.05) is 44.2 Å². The first-order valence-electron chi connectivity index (χ1n) is 6.99. The molecule has 118 valence electrons. The third kappa shape index (κ3) is 4.89. The van der Waals surface area contributed by atoms with Crippen LogP contribution in [0.15, 0.2) is 0 Å². The van der Waals surface area contributed by atoms with Gasteiger partial charge in [0, 0.05) is 25.7 Å². The lowest BCUT2D eigenvalue weighted by atomic mass is 10.0. The summed E-state index contributed by atoms with van der Waals surface area (Å²) in [6, 6.07) is 0.327. The minimum Gasteiger partial charge on any atom is -0.303 e. The number of alkyl halides is 3. The molecule has 20 heavy (non-hydrogen) atoms. The number of sulfone groups is 1. The van der Waals surface area contributed by atoms with Gasteiger partial charge in [0.1, 0.15) is 0 Å². The molecule has 0 aromatic rings. The molecule has 0 aromatic carbocycles. The summed E-state index contributed by atoms with van der Waals surface area (Å²) >= 11 is 0. The zero-order chi connectivity index (χ0) is 14.8. The van der Waals surface area contributed by atoms with Gasteiger partial charge in [-0.1, -0.05) is 0 Å². The van der Waals surface area contributed by atoms with E-state index < -0.39 is 22.4 Å². The van der Waals surface area contributed by atoms with Gasteiger partial charge in [0.15, 0.2) is 9.84 Å². The Bertz CT molecular complexity index is 403. The van der Waals surface area contributed by atoms with E-state index in [0.29, 0.717) is 32.2 Å². The van der Waals surface area contributed by atoms with Crippen molar-refractivity contribution in [1.82, 2.24) is 9.80 Å². The van der Waals surface area contributed by atoms with Gasteiger partial charge in [0.2, 0.25) is 0 Å². The molecule has 2 heterocycles. The molecule has 0 spiro atoms. The Morgan fingerprint density at radius 2 is 1.55 bits per heavy atom. The summed E-state index contributed by atoms with van der Waals surface area (Å²) in [7, 11) is -2.87. The van der Waals surface area contributed by atoms with Gasteiger partial charge in [-0.15, -0.1) is 0 Å². The largest absolute Gasteiger partial charge is 0.390 e. The summed E-state index contributed by atoms with van der Waals surface area (Å²) < 4.78 is 59.2. The normalized spacial score (nSPS) is 26.8. The van der Waals surface area contributed by atoms with Gasteiger partial charge in [0.25, 0.3) is 0 Å². The highest BCUT2D eigenvalue weighted by molar-refractivity contribution is 7.91. The van der Waals surface area contributed by atoms with Crippen LogP contribution in [0.25, 0.3) is 0 Å². The third-order valence-electron chi connectivity index (χ3n) is 4.16. The van der Waals surface area contributed by atoms with Gasteiger partial charge < -0.3 is 4.90 Å². The van der Waals surface area contributed by atoms with Gasteiger partial charge in [0.05, 0.1) is 17.9 Å². The molecule has 0 bridgehead atoms. The fraction of sp³-hybridized carbons (Fsp3) is 1.00. The first-order chi connectivity index (χ1) is 9.25. The number of rotatable bonds is 3. The summed E-state index contributed by atoms with van der Waals surface area (Å²) in [6.45, 7) is 2.55. The van der Waals surface area contributed by atoms with E-state index in [1.165, 1.54) is 0 Å². The standard InChI is InChI=1S/C12H21F3N2O2S/c13-12(14,15)3-6-16-4-1-11(2-5-16)17-7-9-20(18,19)10-8-17/h11H,1-10H2. The Labute approximate surface area is 117 Å². The van der Waals surface area contributed by atoms with E-state index in [2.05, 4.69) is 4.90 Å². The molecule has 0 N–H and O–H groups in total. The summed E-state index contributed by atoms with van der Waals surface area (Å²) in [5.41, 5.74) is 0. The molecule has 0 aliphatic carbocycles. The molecular formula is C12H21F3N2O2S. The number of hydrogen-bond donors (Lipinski definition) is 0. The molecule has 2 aliphatic rings. The van der Waals surface area contributed by atoms with Gasteiger partial charge in [-0.25, -0.2) is 8.42 Å². The Hall–Kier alpha value is -0.340. The fourth-order valence-corrected chi connectivity index (χ4v) is 4.11. The van der Waals surface area contributed by atoms with E-state index in [9.17, 15) is 21.6 Å². The van der Waals surface area contributed by atoms with Crippen LogP contribution in [0.3, 0.4) is 0 Å². The Kier molecular flexibility index (Phi) is 4.96. The number of hydrogen-bond acceptors (Lipinski definition) is 4. The molecule has 8 heteroatoms. The maximum absolute atomic E-state index is 12.2. The van der Waals surface area contributed by atoms with E-state index in [4.69, 9.17) is 0 Å². The van der Waals surface area contributed by atoms with Crippen LogP contribution in [0.4, 0.5) is 13.2 Å². The molecule has 2 aliphatic heterocycles. The quantitative estimate of drug-likeness (QED) is 0.783. The fourth-order valence-electron chi connectivity index (χ4n) is 2.88. The van der Waals surface area contributed by atoms with Crippen molar-refractivity contribution in [2.45, 2.75) is 31.5 Å². The molecule has 0 atom stereocenters. The van der Waals surface area contributed by atoms with Crippen molar-refractivity contribution in [3.05, 3.63) is 0 Å². The number of likely N-dealkylation sites (tertiary alicyclic amines) is 1. The maximum atomic E-state index is 12.2. The highest BCUT2D eigenvalue weighted by atomic mass is 32.2. The Morgan fingerprint density at radius 3 is 2.05 bits per heavy atom. The van der Waals surface area contributed by atoms with Crippen LogP contribution < -0.4 is 0 Å². The molecule has 2 saturated heterocycles. The number of nitrogens with zero attached hydrogens (tertiary/aromatic N) is 2. The second kappa shape index (κ2) is 6.19. The van der Waals surface area contributed by atoms with E-state index in [1.54, 1.807) is 0 Å². The molecule has 0 amide bonds. The second-order valence-electron chi connectivity index (χ2n) is 5.63. The Morgan fingerprint density at radius 1 is 1.00 bits per heavy atom. The van der Waals surface area contributed by atoms with Crippen molar-refractivity contribution >= 4 is 9.84 Å². The van der Waals surface area contributed by atoms with Crippen molar-refractivity contribution in [3.63, 3.8) is 0 Å². The van der Waals surface area contributed by atoms with Crippen LogP contribution in [0.2, 0.25) is 0 Å². The third-order valence-corrected chi connectivity index (χ3v) is 5.77. The Balaban J connectivity index is 1.72. The minimum atomic E-state index is -4.09. The zero-order valence-electron chi connectivity index (χ0n) is 11.4. The zero-order valence-corrected chi connectivity index (χ0v) is 12.2. The predicted molar refractivity (Wildman–Crippen MR) is 70.4 cm³/mol. The lowest BCUT2D eigenvalue weighted by Gasteiger charge is -2.40. The predicted octanol–water partition coefficient (Wildman–Crippen LogP) is 1.13. The van der Waals surface area contributed by atoms with Gasteiger partial charge in [-0.2, -0.15) is 13.2 Å². The molecule has 0 unspecified atom stereocenters. The average molecular weight is 314 g/mol. The molecule has 0 saturated carbocycles. The first kappa shape index (κ1) is 16.0. The van der Waals surface area contributed by atoms with Gasteiger partial charge in [-0.3, -0.25) is 4.90 Å². The first-order valence-corrected chi connectivity index (χ1v) is 8.81. The molecular weight excluding hydrogens is 293 g/mol. The van der Waals surface area contributed by atoms with Crippen molar-refractivity contribution < 1.29 is 21.6 Å². The highest BCUT2D eigenvalue weighted by Crippen LogP contribution is 2.23. The van der Waals surface area contributed by atoms with Gasteiger partial charge in [-0.05, 0) is 25.9 Å². The molecule has 2 fully saturated rings. The lowest BCUT2D eigenvalue weighted by Crippen LogP contribution is -2.50. The molecule has 0 aromatic heterocycles. The number of piperidine rings is 1. The highest BCUT2D eigenvalue weighted by Gasteiger charge is 2.32. The second-order valence-corrected chi connectivity index (χ2v) is 7.93. The SMILES string of the molecule is O=S1(=O)CCN(C2CCN(CCC(F)(F)F)CC2)CC1. The minimum absolute atomic E-state index is 0.0740. The van der Waals surface area contributed by atoms with Crippen LogP contribution in [-0.2, 0) is 9.84 Å². The van der Waals surface area contributed by atoms with Crippen LogP contribution in [0.5, 0.6) is 0 Å². The number of halogens is 3. The van der Waals surface area contributed by atoms with Crippen molar-refractivity contribution in [2.24, 2.45) is 0 Å². The van der Waals surface area contributed by atoms with Crippen molar-refractivity contribution in [3.8, 4) is 0 Å². The summed E-state index contributed by atoms with van der Waals surface area (Å²) in [5, 5.41) is 0. The maximum Gasteiger partial charge on any atom is 0.390 e. The van der Waals surface area contributed by atoms with Crippen LogP contribution in [-0.4, -0.2) is 74.7 Å². The lowest BCUT2D eigenvalue weighted by molar-refractivity contribution is -0.138.